The van der Waals surface area contributed by atoms with Crippen LogP contribution in [0.15, 0.2) is 29.2 Å². The number of rotatable bonds is 3. The van der Waals surface area contributed by atoms with Gasteiger partial charge < -0.3 is 5.11 Å². The van der Waals surface area contributed by atoms with Crippen LogP contribution in [0.5, 0.6) is 0 Å². The van der Waals surface area contributed by atoms with Crippen LogP contribution in [0, 0.1) is 5.41 Å². The van der Waals surface area contributed by atoms with Crippen LogP contribution in [0.25, 0.3) is 0 Å². The fourth-order valence-corrected chi connectivity index (χ4v) is 4.88. The highest BCUT2D eigenvalue weighted by atomic mass is 35.5. The largest absolute Gasteiger partial charge is 0.480 e. The van der Waals surface area contributed by atoms with Crippen molar-refractivity contribution in [3.8, 4) is 0 Å². The summed E-state index contributed by atoms with van der Waals surface area (Å²) in [6, 6.07) is 7.45. The highest BCUT2D eigenvalue weighted by molar-refractivity contribution is 8.01. The predicted octanol–water partition coefficient (Wildman–Crippen LogP) is 4.22. The van der Waals surface area contributed by atoms with Crippen molar-refractivity contribution < 1.29 is 9.90 Å². The van der Waals surface area contributed by atoms with Crippen molar-refractivity contribution in [2.24, 2.45) is 5.41 Å². The number of hydrogen-bond donors (Lipinski definition) is 1. The maximum atomic E-state index is 11.6. The van der Waals surface area contributed by atoms with Gasteiger partial charge in [-0.15, -0.1) is 11.8 Å². The minimum absolute atomic E-state index is 0.359. The molecule has 1 aromatic carbocycles. The average Bonchev–Trinajstić information content (AvgIpc) is 2.22. The van der Waals surface area contributed by atoms with Crippen LogP contribution < -0.4 is 0 Å². The van der Waals surface area contributed by atoms with Crippen molar-refractivity contribution in [3.63, 3.8) is 0 Å². The standard InChI is InChI=1S/C14H15ClO2S/c15-10-2-4-11(5-3-10)18-14(12(16)17)8-13(9-14)6-1-7-13/h2-5H,1,6-9H2,(H,16,17). The number of carboxylic acid groups (broad SMARTS) is 1. The van der Waals surface area contributed by atoms with Crippen molar-refractivity contribution in [3.05, 3.63) is 29.3 Å². The van der Waals surface area contributed by atoms with Crippen LogP contribution in [0.4, 0.5) is 0 Å². The zero-order chi connectivity index (χ0) is 12.8. The summed E-state index contributed by atoms with van der Waals surface area (Å²) in [7, 11) is 0. The van der Waals surface area contributed by atoms with Gasteiger partial charge in [-0.05, 0) is 55.4 Å². The van der Waals surface area contributed by atoms with Crippen molar-refractivity contribution in [1.82, 2.24) is 0 Å². The van der Waals surface area contributed by atoms with E-state index in [4.69, 9.17) is 11.6 Å². The van der Waals surface area contributed by atoms with E-state index in [1.807, 2.05) is 24.3 Å². The maximum Gasteiger partial charge on any atom is 0.320 e. The zero-order valence-electron chi connectivity index (χ0n) is 9.99. The second-order valence-electron chi connectivity index (χ2n) is 5.56. The summed E-state index contributed by atoms with van der Waals surface area (Å²) in [6.07, 6.45) is 5.33. The third-order valence-electron chi connectivity index (χ3n) is 4.25. The fourth-order valence-electron chi connectivity index (χ4n) is 3.19. The second-order valence-corrected chi connectivity index (χ2v) is 7.46. The van der Waals surface area contributed by atoms with Crippen LogP contribution in [0.2, 0.25) is 5.02 Å². The van der Waals surface area contributed by atoms with E-state index < -0.39 is 10.7 Å². The molecule has 0 radical (unpaired) electrons. The van der Waals surface area contributed by atoms with Gasteiger partial charge >= 0.3 is 5.97 Å². The molecule has 0 amide bonds. The summed E-state index contributed by atoms with van der Waals surface area (Å²) in [4.78, 5) is 12.6. The summed E-state index contributed by atoms with van der Waals surface area (Å²) in [5.41, 5.74) is 0.359. The summed E-state index contributed by atoms with van der Waals surface area (Å²) in [6.45, 7) is 0. The molecule has 0 unspecified atom stereocenters. The van der Waals surface area contributed by atoms with Crippen LogP contribution in [-0.4, -0.2) is 15.8 Å². The molecule has 0 heterocycles. The Balaban J connectivity index is 1.76. The third kappa shape index (κ3) is 1.94. The normalized spacial score (nSPS) is 23.2. The zero-order valence-corrected chi connectivity index (χ0v) is 11.6. The fraction of sp³-hybridized carbons (Fsp3) is 0.500. The van der Waals surface area contributed by atoms with Crippen LogP contribution >= 0.6 is 23.4 Å². The van der Waals surface area contributed by atoms with Crippen LogP contribution in [0.3, 0.4) is 0 Å². The number of hydrogen-bond acceptors (Lipinski definition) is 2. The number of thioether (sulfide) groups is 1. The molecular formula is C14H15ClO2S. The van der Waals surface area contributed by atoms with E-state index >= 15 is 0 Å². The highest BCUT2D eigenvalue weighted by Crippen LogP contribution is 2.65. The molecule has 0 bridgehead atoms. The minimum atomic E-state index is -0.667. The van der Waals surface area contributed by atoms with Gasteiger partial charge in [-0.1, -0.05) is 18.0 Å². The molecule has 2 aliphatic carbocycles. The monoisotopic (exact) mass is 282 g/mol. The first-order valence-corrected chi connectivity index (χ1v) is 7.41. The minimum Gasteiger partial charge on any atom is -0.480 e. The third-order valence-corrected chi connectivity index (χ3v) is 5.87. The molecule has 96 valence electrons. The summed E-state index contributed by atoms with van der Waals surface area (Å²) >= 11 is 7.33. The maximum absolute atomic E-state index is 11.6. The SMILES string of the molecule is O=C(O)C1(Sc2ccc(Cl)cc2)CC2(CCC2)C1. The van der Waals surface area contributed by atoms with Gasteiger partial charge in [0.1, 0.15) is 4.75 Å². The number of halogens is 1. The molecule has 2 nitrogen and oxygen atoms in total. The molecule has 0 atom stereocenters. The molecule has 2 saturated carbocycles. The quantitative estimate of drug-likeness (QED) is 0.902. The molecule has 2 aliphatic rings. The molecular weight excluding hydrogens is 268 g/mol. The van der Waals surface area contributed by atoms with Crippen molar-refractivity contribution in [2.45, 2.75) is 41.7 Å². The summed E-state index contributed by atoms with van der Waals surface area (Å²) in [5, 5.41) is 10.2. The molecule has 0 saturated heterocycles. The molecule has 0 aromatic heterocycles. The summed E-state index contributed by atoms with van der Waals surface area (Å²) in [5.74, 6) is -0.667. The number of aliphatic carboxylic acids is 1. The van der Waals surface area contributed by atoms with E-state index in [2.05, 4.69) is 0 Å². The van der Waals surface area contributed by atoms with Crippen molar-refractivity contribution in [1.29, 1.82) is 0 Å². The van der Waals surface area contributed by atoms with Gasteiger partial charge in [-0.3, -0.25) is 4.79 Å². The van der Waals surface area contributed by atoms with Gasteiger partial charge in [0.05, 0.1) is 0 Å². The van der Waals surface area contributed by atoms with Gasteiger partial charge in [0.2, 0.25) is 0 Å². The lowest BCUT2D eigenvalue weighted by Gasteiger charge is -2.58. The van der Waals surface area contributed by atoms with Crippen molar-refractivity contribution >= 4 is 29.3 Å². The van der Waals surface area contributed by atoms with Gasteiger partial charge in [0.25, 0.3) is 0 Å². The molecule has 1 spiro atoms. The smallest absolute Gasteiger partial charge is 0.320 e. The van der Waals surface area contributed by atoms with Gasteiger partial charge in [0.15, 0.2) is 0 Å². The second kappa shape index (κ2) is 4.17. The molecule has 18 heavy (non-hydrogen) atoms. The Hall–Kier alpha value is -0.670. The van der Waals surface area contributed by atoms with E-state index in [9.17, 15) is 9.90 Å². The predicted molar refractivity (Wildman–Crippen MR) is 73.2 cm³/mol. The Bertz CT molecular complexity index is 471. The van der Waals surface area contributed by atoms with Gasteiger partial charge in [-0.25, -0.2) is 0 Å². The number of carbonyl (C=O) groups is 1. The number of carboxylic acids is 1. The van der Waals surface area contributed by atoms with Gasteiger partial charge in [-0.2, -0.15) is 0 Å². The molecule has 3 rings (SSSR count). The van der Waals surface area contributed by atoms with E-state index in [1.54, 1.807) is 0 Å². The van der Waals surface area contributed by atoms with E-state index in [0.29, 0.717) is 10.4 Å². The highest BCUT2D eigenvalue weighted by Gasteiger charge is 2.61. The molecule has 1 aromatic rings. The Morgan fingerprint density at radius 1 is 1.22 bits per heavy atom. The van der Waals surface area contributed by atoms with E-state index in [-0.39, 0.29) is 0 Å². The lowest BCUT2D eigenvalue weighted by Crippen LogP contribution is -2.57. The summed E-state index contributed by atoms with van der Waals surface area (Å²) < 4.78 is -0.603. The first-order valence-electron chi connectivity index (χ1n) is 6.22. The van der Waals surface area contributed by atoms with Crippen LogP contribution in [-0.2, 0) is 4.79 Å². The lowest BCUT2D eigenvalue weighted by molar-refractivity contribution is -0.149. The Kier molecular flexibility index (Phi) is 2.87. The van der Waals surface area contributed by atoms with E-state index in [1.165, 1.54) is 31.0 Å². The Morgan fingerprint density at radius 3 is 2.28 bits per heavy atom. The Morgan fingerprint density at radius 2 is 1.83 bits per heavy atom. The molecule has 4 heteroatoms. The van der Waals surface area contributed by atoms with Gasteiger partial charge in [0, 0.05) is 9.92 Å². The van der Waals surface area contributed by atoms with Crippen molar-refractivity contribution in [2.75, 3.05) is 0 Å². The first-order chi connectivity index (χ1) is 8.54. The topological polar surface area (TPSA) is 37.3 Å². The number of benzene rings is 1. The molecule has 1 N–H and O–H groups in total. The molecule has 0 aliphatic heterocycles. The molecule has 2 fully saturated rings. The van der Waals surface area contributed by atoms with E-state index in [0.717, 1.165) is 17.7 Å². The van der Waals surface area contributed by atoms with Crippen LogP contribution in [0.1, 0.15) is 32.1 Å². The lowest BCUT2D eigenvalue weighted by atomic mass is 9.51. The first kappa shape index (κ1) is 12.4. The Labute approximate surface area is 116 Å². The average molecular weight is 283 g/mol.